The number of ether oxygens (including phenoxy) is 1. The molecule has 156 valence electrons. The van der Waals surface area contributed by atoms with E-state index in [0.717, 1.165) is 24.1 Å². The van der Waals surface area contributed by atoms with Gasteiger partial charge in [0.1, 0.15) is 18.2 Å². The number of aryl methyl sites for hydroxylation is 1. The van der Waals surface area contributed by atoms with Gasteiger partial charge >= 0.3 is 0 Å². The van der Waals surface area contributed by atoms with Crippen molar-refractivity contribution in [3.63, 3.8) is 0 Å². The van der Waals surface area contributed by atoms with Crippen LogP contribution in [0.15, 0.2) is 47.5 Å². The van der Waals surface area contributed by atoms with E-state index in [2.05, 4.69) is 20.9 Å². The maximum absolute atomic E-state index is 13.2. The van der Waals surface area contributed by atoms with Crippen molar-refractivity contribution in [2.45, 2.75) is 27.2 Å². The Kier molecular flexibility index (Phi) is 8.95. The maximum Gasteiger partial charge on any atom is 0.221 e. The molecule has 2 aromatic carbocycles. The number of guanidine groups is 1. The Balaban J connectivity index is 1.79. The molecule has 3 N–H and O–H groups in total. The van der Waals surface area contributed by atoms with Gasteiger partial charge in [-0.3, -0.25) is 9.79 Å². The number of hydrogen-bond acceptors (Lipinski definition) is 3. The van der Waals surface area contributed by atoms with Crippen LogP contribution in [0.4, 0.5) is 10.1 Å². The van der Waals surface area contributed by atoms with Crippen molar-refractivity contribution in [2.24, 2.45) is 4.99 Å². The highest BCUT2D eigenvalue weighted by atomic mass is 19.1. The van der Waals surface area contributed by atoms with Crippen LogP contribution in [0.1, 0.15) is 25.0 Å². The number of anilines is 1. The van der Waals surface area contributed by atoms with Crippen LogP contribution >= 0.6 is 0 Å². The first kappa shape index (κ1) is 22.2. The van der Waals surface area contributed by atoms with Gasteiger partial charge in [0.2, 0.25) is 5.91 Å². The Labute approximate surface area is 171 Å². The first-order valence-electron chi connectivity index (χ1n) is 9.75. The second-order valence-corrected chi connectivity index (χ2v) is 6.57. The molecule has 0 aliphatic carbocycles. The van der Waals surface area contributed by atoms with Gasteiger partial charge in [-0.05, 0) is 55.7 Å². The molecule has 0 bridgehead atoms. The third-order valence-corrected chi connectivity index (χ3v) is 4.12. The molecule has 0 spiro atoms. The zero-order valence-corrected chi connectivity index (χ0v) is 17.2. The van der Waals surface area contributed by atoms with Gasteiger partial charge in [0.25, 0.3) is 0 Å². The normalized spacial score (nSPS) is 11.1. The van der Waals surface area contributed by atoms with Gasteiger partial charge in [0.05, 0.1) is 6.54 Å². The van der Waals surface area contributed by atoms with Crippen LogP contribution < -0.4 is 20.7 Å². The molecular formula is C22H29FN4O2. The highest BCUT2D eigenvalue weighted by Gasteiger charge is 2.02. The van der Waals surface area contributed by atoms with Crippen molar-refractivity contribution in [3.05, 3.63) is 59.4 Å². The number of nitrogens with zero attached hydrogens (tertiary/aromatic N) is 1. The average Bonchev–Trinajstić information content (AvgIpc) is 2.66. The SMILES string of the molecule is CCNC(=NCCc1ccc(F)cc1C)NCCOc1cccc(NC(C)=O)c1. The molecule has 0 aliphatic heterocycles. The second-order valence-electron chi connectivity index (χ2n) is 6.57. The monoisotopic (exact) mass is 400 g/mol. The Bertz CT molecular complexity index is 839. The molecular weight excluding hydrogens is 371 g/mol. The number of carbonyl (C=O) groups excluding carboxylic acids is 1. The zero-order valence-electron chi connectivity index (χ0n) is 17.2. The molecule has 0 aliphatic rings. The van der Waals surface area contributed by atoms with Crippen LogP contribution in [-0.2, 0) is 11.2 Å². The summed E-state index contributed by atoms with van der Waals surface area (Å²) in [5.74, 6) is 1.06. The fraction of sp³-hybridized carbons (Fsp3) is 0.364. The Hall–Kier alpha value is -3.09. The predicted molar refractivity (Wildman–Crippen MR) is 115 cm³/mol. The zero-order chi connectivity index (χ0) is 21.1. The van der Waals surface area contributed by atoms with Crippen LogP contribution in [0.5, 0.6) is 5.75 Å². The van der Waals surface area contributed by atoms with Crippen LogP contribution in [0.25, 0.3) is 0 Å². The minimum absolute atomic E-state index is 0.119. The van der Waals surface area contributed by atoms with Gasteiger partial charge < -0.3 is 20.7 Å². The molecule has 0 heterocycles. The van der Waals surface area contributed by atoms with Gasteiger partial charge in [-0.1, -0.05) is 12.1 Å². The summed E-state index contributed by atoms with van der Waals surface area (Å²) in [6.45, 7) is 7.75. The fourth-order valence-corrected chi connectivity index (χ4v) is 2.77. The van der Waals surface area contributed by atoms with E-state index >= 15 is 0 Å². The molecule has 6 nitrogen and oxygen atoms in total. The van der Waals surface area contributed by atoms with Gasteiger partial charge in [0.15, 0.2) is 5.96 Å². The molecule has 0 unspecified atom stereocenters. The van der Waals surface area contributed by atoms with E-state index in [-0.39, 0.29) is 11.7 Å². The number of aliphatic imine (C=N–C) groups is 1. The molecule has 0 saturated carbocycles. The second kappa shape index (κ2) is 11.7. The van der Waals surface area contributed by atoms with Gasteiger partial charge in [-0.25, -0.2) is 4.39 Å². The van der Waals surface area contributed by atoms with Crippen LogP contribution in [0.2, 0.25) is 0 Å². The number of amides is 1. The Morgan fingerprint density at radius 3 is 2.72 bits per heavy atom. The number of carbonyl (C=O) groups is 1. The lowest BCUT2D eigenvalue weighted by atomic mass is 10.1. The van der Waals surface area contributed by atoms with Crippen molar-refractivity contribution in [1.29, 1.82) is 0 Å². The van der Waals surface area contributed by atoms with E-state index < -0.39 is 0 Å². The number of benzene rings is 2. The van der Waals surface area contributed by atoms with Crippen LogP contribution in [-0.4, -0.2) is 38.1 Å². The number of hydrogen-bond donors (Lipinski definition) is 3. The first-order valence-corrected chi connectivity index (χ1v) is 9.75. The molecule has 0 atom stereocenters. The molecule has 29 heavy (non-hydrogen) atoms. The predicted octanol–water partition coefficient (Wildman–Crippen LogP) is 3.27. The Morgan fingerprint density at radius 2 is 2.00 bits per heavy atom. The summed E-state index contributed by atoms with van der Waals surface area (Å²) in [5.41, 5.74) is 2.73. The van der Waals surface area contributed by atoms with Gasteiger partial charge in [-0.15, -0.1) is 0 Å². The van der Waals surface area contributed by atoms with E-state index in [1.165, 1.54) is 13.0 Å². The van der Waals surface area contributed by atoms with Gasteiger partial charge in [0, 0.05) is 31.8 Å². The summed E-state index contributed by atoms with van der Waals surface area (Å²) in [4.78, 5) is 15.7. The quantitative estimate of drug-likeness (QED) is 0.343. The Morgan fingerprint density at radius 1 is 1.17 bits per heavy atom. The third kappa shape index (κ3) is 8.21. The molecule has 0 radical (unpaired) electrons. The number of halogens is 1. The summed E-state index contributed by atoms with van der Waals surface area (Å²) >= 11 is 0. The minimum atomic E-state index is -0.215. The minimum Gasteiger partial charge on any atom is -0.492 e. The fourth-order valence-electron chi connectivity index (χ4n) is 2.77. The lowest BCUT2D eigenvalue weighted by molar-refractivity contribution is -0.114. The third-order valence-electron chi connectivity index (χ3n) is 4.12. The summed E-state index contributed by atoms with van der Waals surface area (Å²) in [6, 6.07) is 12.1. The lowest BCUT2D eigenvalue weighted by Crippen LogP contribution is -2.39. The highest BCUT2D eigenvalue weighted by molar-refractivity contribution is 5.88. The van der Waals surface area contributed by atoms with E-state index in [0.29, 0.717) is 37.1 Å². The topological polar surface area (TPSA) is 74.8 Å². The number of rotatable bonds is 9. The van der Waals surface area contributed by atoms with Crippen LogP contribution in [0.3, 0.4) is 0 Å². The van der Waals surface area contributed by atoms with Crippen molar-refractivity contribution in [3.8, 4) is 5.75 Å². The van der Waals surface area contributed by atoms with E-state index in [9.17, 15) is 9.18 Å². The molecule has 0 aromatic heterocycles. The van der Waals surface area contributed by atoms with E-state index in [4.69, 9.17) is 4.74 Å². The molecule has 0 fully saturated rings. The average molecular weight is 400 g/mol. The molecule has 0 saturated heterocycles. The van der Waals surface area contributed by atoms with Gasteiger partial charge in [-0.2, -0.15) is 0 Å². The first-order chi connectivity index (χ1) is 14.0. The van der Waals surface area contributed by atoms with Crippen molar-refractivity contribution < 1.29 is 13.9 Å². The van der Waals surface area contributed by atoms with Crippen molar-refractivity contribution >= 4 is 17.6 Å². The molecule has 2 aromatic rings. The maximum atomic E-state index is 13.2. The largest absolute Gasteiger partial charge is 0.492 e. The van der Waals surface area contributed by atoms with Crippen molar-refractivity contribution in [2.75, 3.05) is 31.6 Å². The van der Waals surface area contributed by atoms with E-state index in [1.54, 1.807) is 12.1 Å². The summed E-state index contributed by atoms with van der Waals surface area (Å²) < 4.78 is 18.9. The smallest absolute Gasteiger partial charge is 0.221 e. The highest BCUT2D eigenvalue weighted by Crippen LogP contribution is 2.17. The van der Waals surface area contributed by atoms with E-state index in [1.807, 2.05) is 38.1 Å². The lowest BCUT2D eigenvalue weighted by Gasteiger charge is -2.13. The van der Waals surface area contributed by atoms with Crippen molar-refractivity contribution in [1.82, 2.24) is 10.6 Å². The molecule has 7 heteroatoms. The summed E-state index contributed by atoms with van der Waals surface area (Å²) in [5, 5.41) is 9.16. The summed E-state index contributed by atoms with van der Waals surface area (Å²) in [6.07, 6.45) is 0.745. The van der Waals surface area contributed by atoms with Crippen LogP contribution in [0, 0.1) is 12.7 Å². The standard InChI is InChI=1S/C22H29FN4O2/c1-4-24-22(25-11-10-18-8-9-19(23)14-16(18)2)26-12-13-29-21-7-5-6-20(15-21)27-17(3)28/h5-9,14-15H,4,10-13H2,1-3H3,(H,27,28)(H2,24,25,26). The number of nitrogens with one attached hydrogen (secondary N) is 3. The molecule has 2 rings (SSSR count). The summed E-state index contributed by atoms with van der Waals surface area (Å²) in [7, 11) is 0. The molecule has 1 amide bonds.